The number of ketones is 1. The van der Waals surface area contributed by atoms with Crippen molar-refractivity contribution in [3.63, 3.8) is 0 Å². The molecule has 2 N–H and O–H groups in total. The SMILES string of the molecule is CCC(=O)OC(C(OC(C)=O)C1(O)C(C(C)=O)CC(O)C1(C)C)C12C=CCC(C1OC(C)=O)C(C)(OC(C)=O)C2OC(C)=O. The van der Waals surface area contributed by atoms with Crippen LogP contribution < -0.4 is 0 Å². The van der Waals surface area contributed by atoms with Crippen molar-refractivity contribution < 1.29 is 62.7 Å². The van der Waals surface area contributed by atoms with Crippen molar-refractivity contribution in [2.24, 2.45) is 22.7 Å². The van der Waals surface area contributed by atoms with Gasteiger partial charge in [-0.05, 0) is 26.7 Å². The van der Waals surface area contributed by atoms with Crippen LogP contribution in [-0.2, 0) is 52.5 Å². The van der Waals surface area contributed by atoms with Crippen molar-refractivity contribution in [1.29, 1.82) is 0 Å². The van der Waals surface area contributed by atoms with Crippen LogP contribution >= 0.6 is 0 Å². The summed E-state index contributed by atoms with van der Waals surface area (Å²) in [5, 5.41) is 23.8. The molecule has 0 heterocycles. The zero-order chi connectivity index (χ0) is 33.6. The first-order valence-corrected chi connectivity index (χ1v) is 14.7. The number of carbonyl (C=O) groups is 6. The van der Waals surface area contributed by atoms with Crippen LogP contribution in [0.3, 0.4) is 0 Å². The summed E-state index contributed by atoms with van der Waals surface area (Å²) < 4.78 is 29.4. The summed E-state index contributed by atoms with van der Waals surface area (Å²) in [7, 11) is 0. The average Bonchev–Trinajstić information content (AvgIpc) is 3.12. The van der Waals surface area contributed by atoms with Gasteiger partial charge in [-0.25, -0.2) is 0 Å². The van der Waals surface area contributed by atoms with Crippen molar-refractivity contribution in [3.8, 4) is 0 Å². The van der Waals surface area contributed by atoms with Crippen LogP contribution in [0.1, 0.15) is 81.6 Å². The minimum Gasteiger partial charge on any atom is -0.461 e. The molecule has 0 spiro atoms. The number of aliphatic hydroxyl groups excluding tert-OH is 1. The summed E-state index contributed by atoms with van der Waals surface area (Å²) in [6.07, 6.45) is -4.89. The summed E-state index contributed by atoms with van der Waals surface area (Å²) in [6.45, 7) is 11.6. The Labute approximate surface area is 256 Å². The molecule has 0 radical (unpaired) electrons. The van der Waals surface area contributed by atoms with Crippen molar-refractivity contribution in [2.75, 3.05) is 0 Å². The van der Waals surface area contributed by atoms with Crippen LogP contribution in [0, 0.1) is 22.7 Å². The topological polar surface area (TPSA) is 189 Å². The predicted octanol–water partition coefficient (Wildman–Crippen LogP) is 1.73. The molecule has 0 aromatic carbocycles. The Bertz CT molecular complexity index is 1240. The summed E-state index contributed by atoms with van der Waals surface area (Å²) in [4.78, 5) is 76.8. The highest BCUT2D eigenvalue weighted by Crippen LogP contribution is 2.63. The Morgan fingerprint density at radius 3 is 1.93 bits per heavy atom. The number of allylic oxidation sites excluding steroid dienone is 1. The highest BCUT2D eigenvalue weighted by Gasteiger charge is 2.78. The molecule has 2 saturated carbocycles. The quantitative estimate of drug-likeness (QED) is 0.203. The molecule has 0 aliphatic heterocycles. The molecular formula is C31H44O13. The minimum atomic E-state index is -2.37. The molecule has 3 aliphatic carbocycles. The van der Waals surface area contributed by atoms with Gasteiger partial charge in [-0.15, -0.1) is 0 Å². The molecule has 2 bridgehead atoms. The van der Waals surface area contributed by atoms with E-state index in [0.717, 1.165) is 27.7 Å². The number of rotatable bonds is 10. The van der Waals surface area contributed by atoms with Crippen LogP contribution in [-0.4, -0.2) is 87.6 Å². The first-order valence-electron chi connectivity index (χ1n) is 14.7. The van der Waals surface area contributed by atoms with Crippen LogP contribution in [0.15, 0.2) is 12.2 Å². The Balaban J connectivity index is 2.51. The predicted molar refractivity (Wildman–Crippen MR) is 150 cm³/mol. The van der Waals surface area contributed by atoms with E-state index in [2.05, 4.69) is 0 Å². The molecule has 0 aromatic rings. The monoisotopic (exact) mass is 624 g/mol. The third-order valence-corrected chi connectivity index (χ3v) is 9.69. The van der Waals surface area contributed by atoms with E-state index in [1.807, 2.05) is 0 Å². The van der Waals surface area contributed by atoms with E-state index in [0.29, 0.717) is 0 Å². The normalized spacial score (nSPS) is 36.5. The molecule has 246 valence electrons. The van der Waals surface area contributed by atoms with Crippen LogP contribution in [0.5, 0.6) is 0 Å². The second-order valence-corrected chi connectivity index (χ2v) is 12.8. The van der Waals surface area contributed by atoms with Gasteiger partial charge >= 0.3 is 29.8 Å². The molecule has 10 atom stereocenters. The molecule has 13 heteroatoms. The zero-order valence-electron chi connectivity index (χ0n) is 26.7. The standard InChI is InChI=1S/C31H44O13/c1-10-23(38)43-25(26(41-17(4)34)31(39)21(15(2)32)14-22(37)28(31,7)8)30-13-11-12-20(24(30)40-16(3)33)29(9,44-19(6)36)27(30)42-18(5)35/h11,13,20-22,24-27,37,39H,10,12,14H2,1-9H3. The van der Waals surface area contributed by atoms with Crippen LogP contribution in [0.25, 0.3) is 0 Å². The summed E-state index contributed by atoms with van der Waals surface area (Å²) in [5.41, 5.74) is -7.54. The molecule has 10 unspecified atom stereocenters. The van der Waals surface area contributed by atoms with Gasteiger partial charge in [0.25, 0.3) is 0 Å². The maximum Gasteiger partial charge on any atom is 0.305 e. The second-order valence-electron chi connectivity index (χ2n) is 12.8. The van der Waals surface area contributed by atoms with E-state index in [1.165, 1.54) is 40.7 Å². The third kappa shape index (κ3) is 5.53. The number of hydrogen-bond donors (Lipinski definition) is 2. The average molecular weight is 625 g/mol. The van der Waals surface area contributed by atoms with Crippen LogP contribution in [0.4, 0.5) is 0 Å². The lowest BCUT2D eigenvalue weighted by atomic mass is 9.61. The summed E-state index contributed by atoms with van der Waals surface area (Å²) in [6, 6.07) is 0. The molecule has 3 rings (SSSR count). The number of aliphatic hydroxyl groups is 2. The number of esters is 5. The maximum atomic E-state index is 13.2. The van der Waals surface area contributed by atoms with E-state index in [4.69, 9.17) is 23.7 Å². The van der Waals surface area contributed by atoms with E-state index < -0.39 is 100 Å². The fourth-order valence-electron chi connectivity index (χ4n) is 7.71. The van der Waals surface area contributed by atoms with Crippen molar-refractivity contribution in [1.82, 2.24) is 0 Å². The fourth-order valence-corrected chi connectivity index (χ4v) is 7.71. The molecule has 44 heavy (non-hydrogen) atoms. The Kier molecular flexibility index (Phi) is 9.77. The molecule has 3 aliphatic rings. The van der Waals surface area contributed by atoms with E-state index in [-0.39, 0.29) is 19.3 Å². The van der Waals surface area contributed by atoms with Gasteiger partial charge in [-0.3, -0.25) is 28.8 Å². The first kappa shape index (κ1) is 35.2. The lowest BCUT2D eigenvalue weighted by Crippen LogP contribution is -2.69. The van der Waals surface area contributed by atoms with Gasteiger partial charge < -0.3 is 33.9 Å². The van der Waals surface area contributed by atoms with Gasteiger partial charge in [0.15, 0.2) is 23.9 Å². The number of fused-ring (bicyclic) bond motifs is 2. The Hall–Kier alpha value is -3.32. The number of hydrogen-bond acceptors (Lipinski definition) is 13. The largest absolute Gasteiger partial charge is 0.461 e. The minimum absolute atomic E-state index is 0.165. The van der Waals surface area contributed by atoms with Gasteiger partial charge in [0, 0.05) is 45.4 Å². The van der Waals surface area contributed by atoms with Crippen LogP contribution in [0.2, 0.25) is 0 Å². The van der Waals surface area contributed by atoms with E-state index in [9.17, 15) is 39.0 Å². The molecule has 0 saturated heterocycles. The van der Waals surface area contributed by atoms with Gasteiger partial charge in [0.1, 0.15) is 22.9 Å². The first-order chi connectivity index (χ1) is 20.2. The second kappa shape index (κ2) is 12.2. The third-order valence-electron chi connectivity index (χ3n) is 9.69. The molecule has 0 amide bonds. The molecule has 2 fully saturated rings. The number of carbonyl (C=O) groups excluding carboxylic acids is 6. The number of ether oxygens (including phenoxy) is 5. The van der Waals surface area contributed by atoms with Gasteiger partial charge in [0.05, 0.1) is 12.0 Å². The van der Waals surface area contributed by atoms with Crippen molar-refractivity contribution in [2.45, 2.75) is 123 Å². The lowest BCUT2D eigenvalue weighted by Gasteiger charge is -2.52. The summed E-state index contributed by atoms with van der Waals surface area (Å²) >= 11 is 0. The Morgan fingerprint density at radius 2 is 1.45 bits per heavy atom. The van der Waals surface area contributed by atoms with E-state index in [1.54, 1.807) is 6.08 Å². The lowest BCUT2D eigenvalue weighted by molar-refractivity contribution is -0.250. The van der Waals surface area contributed by atoms with Crippen molar-refractivity contribution >= 4 is 35.6 Å². The van der Waals surface area contributed by atoms with E-state index >= 15 is 0 Å². The summed E-state index contributed by atoms with van der Waals surface area (Å²) in [5.74, 6) is -6.81. The fraction of sp³-hybridized carbons (Fsp3) is 0.742. The van der Waals surface area contributed by atoms with Crippen molar-refractivity contribution in [3.05, 3.63) is 12.2 Å². The molecular weight excluding hydrogens is 580 g/mol. The maximum absolute atomic E-state index is 13.2. The Morgan fingerprint density at radius 1 is 0.864 bits per heavy atom. The van der Waals surface area contributed by atoms with Gasteiger partial charge in [-0.2, -0.15) is 0 Å². The van der Waals surface area contributed by atoms with Gasteiger partial charge in [-0.1, -0.05) is 32.9 Å². The highest BCUT2D eigenvalue weighted by molar-refractivity contribution is 5.81. The smallest absolute Gasteiger partial charge is 0.305 e. The highest BCUT2D eigenvalue weighted by atomic mass is 16.6. The zero-order valence-corrected chi connectivity index (χ0v) is 26.7. The molecule has 0 aromatic heterocycles. The molecule has 13 nitrogen and oxygen atoms in total. The van der Waals surface area contributed by atoms with Gasteiger partial charge in [0.2, 0.25) is 0 Å². The number of Topliss-reactive ketones (excluding diaryl/α,β-unsaturated/α-hetero) is 1.